The van der Waals surface area contributed by atoms with E-state index in [4.69, 9.17) is 6.57 Å². The van der Waals surface area contributed by atoms with Crippen molar-refractivity contribution < 1.29 is 9.59 Å². The maximum absolute atomic E-state index is 14.3. The summed E-state index contributed by atoms with van der Waals surface area (Å²) in [6.45, 7) is 7.91. The van der Waals surface area contributed by atoms with Crippen molar-refractivity contribution in [1.29, 1.82) is 5.26 Å². The van der Waals surface area contributed by atoms with Crippen molar-refractivity contribution in [2.75, 3.05) is 4.90 Å². The van der Waals surface area contributed by atoms with Crippen molar-refractivity contribution in [3.8, 4) is 34.0 Å². The molecule has 0 saturated carbocycles. The van der Waals surface area contributed by atoms with E-state index in [1.165, 1.54) is 4.90 Å². The van der Waals surface area contributed by atoms with Gasteiger partial charge in [-0.05, 0) is 41.5 Å². The lowest BCUT2D eigenvalue weighted by molar-refractivity contribution is 0.0926. The Labute approximate surface area is 264 Å². The Morgan fingerprint density at radius 2 is 1.13 bits per heavy atom. The van der Waals surface area contributed by atoms with Crippen LogP contribution < -0.4 is 4.90 Å². The number of nitriles is 1. The molecule has 0 saturated heterocycles. The van der Waals surface area contributed by atoms with Crippen LogP contribution in [0.3, 0.4) is 0 Å². The van der Waals surface area contributed by atoms with Gasteiger partial charge in [0.1, 0.15) is 0 Å². The molecule has 0 atom stereocenters. The topological polar surface area (TPSA) is 70.5 Å². The zero-order valence-electron chi connectivity index (χ0n) is 24.3. The lowest BCUT2D eigenvalue weighted by atomic mass is 9.97. The van der Waals surface area contributed by atoms with Crippen LogP contribution in [0.1, 0.15) is 26.3 Å². The molecule has 0 radical (unpaired) electrons. The molecule has 0 spiro atoms. The molecule has 2 amide bonds. The van der Waals surface area contributed by atoms with E-state index in [0.29, 0.717) is 33.8 Å². The Morgan fingerprint density at radius 1 is 0.565 bits per heavy atom. The molecule has 1 aliphatic heterocycles. The van der Waals surface area contributed by atoms with Gasteiger partial charge in [-0.25, -0.2) is 9.74 Å². The first kappa shape index (κ1) is 26.8. The molecule has 6 aromatic carbocycles. The van der Waals surface area contributed by atoms with Crippen LogP contribution in [0.2, 0.25) is 0 Å². The molecular weight excluding hydrogens is 568 g/mol. The first-order valence-electron chi connectivity index (χ1n) is 14.7. The molecule has 1 aromatic heterocycles. The third kappa shape index (κ3) is 3.81. The van der Waals surface area contributed by atoms with E-state index in [9.17, 15) is 14.9 Å². The predicted molar refractivity (Wildman–Crippen MR) is 180 cm³/mol. The minimum Gasteiger partial charge on any atom is -0.307 e. The molecule has 0 bridgehead atoms. The molecule has 2 heterocycles. The van der Waals surface area contributed by atoms with Crippen LogP contribution in [0.25, 0.3) is 54.6 Å². The zero-order chi connectivity index (χ0) is 31.4. The highest BCUT2D eigenvalue weighted by Crippen LogP contribution is 2.45. The number of aromatic nitrogens is 1. The van der Waals surface area contributed by atoms with E-state index in [0.717, 1.165) is 44.1 Å². The second-order valence-corrected chi connectivity index (χ2v) is 11.0. The summed E-state index contributed by atoms with van der Waals surface area (Å²) in [7, 11) is 0. The summed E-state index contributed by atoms with van der Waals surface area (Å²) in [4.78, 5) is 33.2. The average molecular weight is 591 g/mol. The number of carbonyl (C=O) groups excluding carboxylic acids is 2. The number of fused-ring (bicyclic) bond motifs is 4. The number of hydrogen-bond donors (Lipinski definition) is 0. The highest BCUT2D eigenvalue weighted by atomic mass is 16.2. The van der Waals surface area contributed by atoms with E-state index in [-0.39, 0.29) is 5.91 Å². The van der Waals surface area contributed by atoms with Gasteiger partial charge in [0.05, 0.1) is 51.7 Å². The Morgan fingerprint density at radius 3 is 1.83 bits per heavy atom. The molecule has 46 heavy (non-hydrogen) atoms. The summed E-state index contributed by atoms with van der Waals surface area (Å²) in [5.74, 6) is -0.798. The number of benzene rings is 6. The van der Waals surface area contributed by atoms with Crippen LogP contribution in [0.15, 0.2) is 133 Å². The molecule has 1 aliphatic rings. The fourth-order valence-corrected chi connectivity index (χ4v) is 6.67. The second kappa shape index (κ2) is 10.4. The van der Waals surface area contributed by atoms with E-state index >= 15 is 0 Å². The number of amides is 2. The summed E-state index contributed by atoms with van der Waals surface area (Å²) in [5.41, 5.74) is 7.39. The number of nitrogens with zero attached hydrogens (tertiary/aromatic N) is 4. The summed E-state index contributed by atoms with van der Waals surface area (Å²) in [6.07, 6.45) is 0. The Hall–Kier alpha value is -6.76. The van der Waals surface area contributed by atoms with E-state index in [2.05, 4.69) is 10.9 Å². The van der Waals surface area contributed by atoms with Gasteiger partial charge >= 0.3 is 0 Å². The lowest BCUT2D eigenvalue weighted by Gasteiger charge is -2.17. The van der Waals surface area contributed by atoms with Gasteiger partial charge in [-0.3, -0.25) is 9.59 Å². The molecule has 0 fully saturated rings. The molecule has 6 nitrogen and oxygen atoms in total. The van der Waals surface area contributed by atoms with Crippen LogP contribution in [0, 0.1) is 17.9 Å². The molecule has 0 aliphatic carbocycles. The molecule has 214 valence electrons. The van der Waals surface area contributed by atoms with Crippen LogP contribution in [-0.2, 0) is 0 Å². The van der Waals surface area contributed by atoms with Crippen molar-refractivity contribution in [2.45, 2.75) is 0 Å². The largest absolute Gasteiger partial charge is 0.307 e. The Balaban J connectivity index is 1.54. The maximum Gasteiger partial charge on any atom is 0.268 e. The summed E-state index contributed by atoms with van der Waals surface area (Å²) < 4.78 is 2.04. The van der Waals surface area contributed by atoms with Gasteiger partial charge in [0.2, 0.25) is 0 Å². The van der Waals surface area contributed by atoms with Gasteiger partial charge in [-0.2, -0.15) is 5.26 Å². The minimum atomic E-state index is -0.411. The maximum atomic E-state index is 14.3. The zero-order valence-corrected chi connectivity index (χ0v) is 24.3. The fourth-order valence-electron chi connectivity index (χ4n) is 6.67. The van der Waals surface area contributed by atoms with Crippen molar-refractivity contribution in [3.63, 3.8) is 0 Å². The molecule has 7 aromatic rings. The smallest absolute Gasteiger partial charge is 0.268 e. The fraction of sp³-hybridized carbons (Fsp3) is 0. The van der Waals surface area contributed by atoms with Crippen LogP contribution in [0.5, 0.6) is 0 Å². The number of hydrogen-bond acceptors (Lipinski definition) is 3. The van der Waals surface area contributed by atoms with E-state index in [1.54, 1.807) is 48.5 Å². The second-order valence-electron chi connectivity index (χ2n) is 11.0. The lowest BCUT2D eigenvalue weighted by Crippen LogP contribution is -2.29. The van der Waals surface area contributed by atoms with Crippen LogP contribution >= 0.6 is 0 Å². The van der Waals surface area contributed by atoms with Gasteiger partial charge in [-0.15, -0.1) is 0 Å². The standard InChI is InChI=1S/C40H22N4O2/c1-42-34-22-8-7-16-28(34)30-18-10-20-32-31-19-9-17-29(27-15-6-5-12-25(27)24-41)37(31)44(38(30)32)35-23-11-21-33-36(35)40(46)43(39(33)45)26-13-3-2-4-14-26/h2-23H. The molecule has 0 N–H and O–H groups in total. The summed E-state index contributed by atoms with van der Waals surface area (Å²) in [6, 6.07) is 43.5. The quantitative estimate of drug-likeness (QED) is 0.151. The summed E-state index contributed by atoms with van der Waals surface area (Å²) in [5, 5.41) is 11.9. The highest BCUT2D eigenvalue weighted by molar-refractivity contribution is 6.36. The number of anilines is 1. The predicted octanol–water partition coefficient (Wildman–Crippen LogP) is 9.34. The number of para-hydroxylation sites is 4. The van der Waals surface area contributed by atoms with Crippen LogP contribution in [-0.4, -0.2) is 16.4 Å². The van der Waals surface area contributed by atoms with E-state index in [1.807, 2.05) is 89.5 Å². The van der Waals surface area contributed by atoms with Crippen molar-refractivity contribution in [2.24, 2.45) is 0 Å². The molecular formula is C40H22N4O2. The minimum absolute atomic E-state index is 0.298. The third-order valence-corrected chi connectivity index (χ3v) is 8.61. The normalized spacial score (nSPS) is 12.3. The average Bonchev–Trinajstić information content (AvgIpc) is 3.59. The first-order chi connectivity index (χ1) is 22.6. The van der Waals surface area contributed by atoms with Crippen molar-refractivity contribution >= 4 is 45.0 Å². The number of imide groups is 1. The van der Waals surface area contributed by atoms with Gasteiger partial charge in [0.15, 0.2) is 5.69 Å². The SMILES string of the molecule is [C-]#[N+]c1ccccc1-c1cccc2c3cccc(-c4ccccc4C#N)c3n(-c3cccc4c3C(=O)N(c3ccccc3)C4=O)c12. The monoisotopic (exact) mass is 590 g/mol. The van der Waals surface area contributed by atoms with E-state index < -0.39 is 5.91 Å². The van der Waals surface area contributed by atoms with Crippen molar-refractivity contribution in [1.82, 2.24) is 4.57 Å². The molecule has 0 unspecified atom stereocenters. The third-order valence-electron chi connectivity index (χ3n) is 8.61. The van der Waals surface area contributed by atoms with Gasteiger partial charge in [0, 0.05) is 21.9 Å². The molecule has 8 rings (SSSR count). The Bertz CT molecular complexity index is 2380. The van der Waals surface area contributed by atoms with Gasteiger partial charge in [0.25, 0.3) is 11.8 Å². The highest BCUT2D eigenvalue weighted by Gasteiger charge is 2.39. The number of carbonyl (C=O) groups is 2. The summed E-state index contributed by atoms with van der Waals surface area (Å²) >= 11 is 0. The van der Waals surface area contributed by atoms with Crippen molar-refractivity contribution in [3.05, 3.63) is 162 Å². The Kier molecular flexibility index (Phi) is 6.10. The van der Waals surface area contributed by atoms with Crippen LogP contribution in [0.4, 0.5) is 11.4 Å². The molecule has 6 heteroatoms. The first-order valence-corrected chi connectivity index (χ1v) is 14.7. The van der Waals surface area contributed by atoms with Gasteiger partial charge in [-0.1, -0.05) is 103 Å². The van der Waals surface area contributed by atoms with Gasteiger partial charge < -0.3 is 4.57 Å². The number of rotatable bonds is 4.